The van der Waals surface area contributed by atoms with E-state index in [1.165, 1.54) is 28.8 Å². The fourth-order valence-corrected chi connectivity index (χ4v) is 7.21. The number of aryl methyl sites for hydroxylation is 2. The number of hydrogen-bond acceptors (Lipinski definition) is 8. The largest absolute Gasteiger partial charge is 0.476 e. The second kappa shape index (κ2) is 13.7. The first-order valence-electron chi connectivity index (χ1n) is 16.2. The number of imidazole rings is 1. The van der Waals surface area contributed by atoms with Crippen molar-refractivity contribution in [3.63, 3.8) is 0 Å². The van der Waals surface area contributed by atoms with Crippen molar-refractivity contribution in [2.75, 3.05) is 4.90 Å². The van der Waals surface area contributed by atoms with Gasteiger partial charge < -0.3 is 23.7 Å². The molecule has 1 aliphatic rings. The van der Waals surface area contributed by atoms with E-state index >= 15 is 4.39 Å². The Bertz CT molecular complexity index is 2360. The highest BCUT2D eigenvalue weighted by Gasteiger charge is 2.33. The number of H-pyrrole nitrogens is 1. The zero-order chi connectivity index (χ0) is 35.7. The molecule has 0 aliphatic carbocycles. The van der Waals surface area contributed by atoms with Crippen LogP contribution in [0.5, 0.6) is 5.75 Å². The minimum Gasteiger partial charge on any atom is -0.476 e. The number of benzene rings is 3. The van der Waals surface area contributed by atoms with Crippen LogP contribution in [0.3, 0.4) is 0 Å². The molecule has 0 saturated carbocycles. The van der Waals surface area contributed by atoms with Crippen LogP contribution >= 0.6 is 0 Å². The number of aromatic nitrogens is 4. The molecular formula is C38H32FN5O6S. The molecule has 4 heterocycles. The van der Waals surface area contributed by atoms with Gasteiger partial charge >= 0.3 is 16.1 Å². The first-order valence-corrected chi connectivity index (χ1v) is 17.6. The van der Waals surface area contributed by atoms with Crippen LogP contribution < -0.4 is 14.6 Å². The third kappa shape index (κ3) is 7.01. The Kier molecular flexibility index (Phi) is 8.96. The highest BCUT2D eigenvalue weighted by Crippen LogP contribution is 2.35. The Hall–Kier alpha value is -6.08. The molecule has 3 aromatic heterocycles. The van der Waals surface area contributed by atoms with Gasteiger partial charge in [-0.2, -0.15) is 12.8 Å². The Balaban J connectivity index is 1.18. The van der Waals surface area contributed by atoms with Crippen LogP contribution in [0.1, 0.15) is 51.0 Å². The van der Waals surface area contributed by atoms with Gasteiger partial charge in [0.2, 0.25) is 5.95 Å². The lowest BCUT2D eigenvalue weighted by atomic mass is 10.1. The number of nitrogens with zero attached hydrogens (tertiary/aromatic N) is 4. The Morgan fingerprint density at radius 2 is 1.59 bits per heavy atom. The van der Waals surface area contributed by atoms with Crippen molar-refractivity contribution in [1.82, 2.24) is 19.5 Å². The van der Waals surface area contributed by atoms with E-state index < -0.39 is 33.6 Å². The molecule has 0 fully saturated rings. The van der Waals surface area contributed by atoms with Crippen molar-refractivity contribution in [1.29, 1.82) is 0 Å². The molecule has 1 aliphatic heterocycles. The van der Waals surface area contributed by atoms with Crippen LogP contribution in [0.15, 0.2) is 119 Å². The highest BCUT2D eigenvalue weighted by atomic mass is 32.2. The first-order chi connectivity index (χ1) is 24.6. The lowest BCUT2D eigenvalue weighted by molar-refractivity contribution is 0.0689. The molecule has 2 N–H and O–H groups in total. The average molecular weight is 706 g/mol. The maximum absolute atomic E-state index is 15.9. The molecule has 3 aromatic carbocycles. The average Bonchev–Trinajstić information content (AvgIpc) is 3.74. The summed E-state index contributed by atoms with van der Waals surface area (Å²) in [6.45, 7) is 2.76. The zero-order valence-corrected chi connectivity index (χ0v) is 28.2. The van der Waals surface area contributed by atoms with E-state index in [4.69, 9.17) is 4.18 Å². The summed E-state index contributed by atoms with van der Waals surface area (Å²) in [6.07, 6.45) is 0.622. The number of pyridine rings is 2. The quantitative estimate of drug-likeness (QED) is 0.117. The molecule has 1 atom stereocenters. The number of carbonyl (C=O) groups is 1. The summed E-state index contributed by atoms with van der Waals surface area (Å²) in [4.78, 5) is 39.1. The minimum absolute atomic E-state index is 0.0394. The third-order valence-corrected chi connectivity index (χ3v) is 10.00. The molecule has 258 valence electrons. The van der Waals surface area contributed by atoms with E-state index in [1.54, 1.807) is 18.2 Å². The number of aromatic amines is 1. The fraction of sp³-hybridized carbons (Fsp3) is 0.158. The van der Waals surface area contributed by atoms with Crippen LogP contribution in [0.4, 0.5) is 10.2 Å². The van der Waals surface area contributed by atoms with Crippen molar-refractivity contribution < 1.29 is 26.9 Å². The first kappa shape index (κ1) is 33.4. The van der Waals surface area contributed by atoms with Gasteiger partial charge in [-0.15, -0.1) is 0 Å². The molecule has 0 radical (unpaired) electrons. The van der Waals surface area contributed by atoms with Gasteiger partial charge in [-0.1, -0.05) is 78.4 Å². The second-order valence-corrected chi connectivity index (χ2v) is 13.8. The van der Waals surface area contributed by atoms with Crippen molar-refractivity contribution in [2.45, 2.75) is 43.8 Å². The maximum atomic E-state index is 15.9. The minimum atomic E-state index is -4.21. The molecule has 11 nitrogen and oxygen atoms in total. The van der Waals surface area contributed by atoms with E-state index in [2.05, 4.69) is 15.0 Å². The zero-order valence-electron chi connectivity index (χ0n) is 27.4. The molecule has 6 aromatic rings. The molecule has 51 heavy (non-hydrogen) atoms. The fourth-order valence-electron chi connectivity index (χ4n) is 6.29. The normalized spacial score (nSPS) is 13.9. The van der Waals surface area contributed by atoms with Crippen LogP contribution in [0, 0.1) is 12.9 Å². The van der Waals surface area contributed by atoms with Crippen LogP contribution in [0.2, 0.25) is 0 Å². The summed E-state index contributed by atoms with van der Waals surface area (Å²) < 4.78 is 48.3. The number of nitrogens with one attached hydrogen (secondary N) is 1. The molecule has 0 saturated heterocycles. The van der Waals surface area contributed by atoms with E-state index in [-0.39, 0.29) is 33.4 Å². The summed E-state index contributed by atoms with van der Waals surface area (Å²) in [7, 11) is -4.21. The number of aromatic carboxylic acids is 1. The molecule has 13 heteroatoms. The summed E-state index contributed by atoms with van der Waals surface area (Å²) in [5.41, 5.74) is 2.46. The van der Waals surface area contributed by atoms with Crippen molar-refractivity contribution in [3.8, 4) is 17.1 Å². The van der Waals surface area contributed by atoms with E-state index in [0.29, 0.717) is 37.4 Å². The van der Waals surface area contributed by atoms with E-state index in [1.807, 2.05) is 72.5 Å². The van der Waals surface area contributed by atoms with Crippen LogP contribution in [0.25, 0.3) is 11.4 Å². The van der Waals surface area contributed by atoms with E-state index in [9.17, 15) is 23.1 Å². The molecule has 0 amide bonds. The number of hydrogen-bond donors (Lipinski definition) is 2. The Morgan fingerprint density at radius 3 is 2.20 bits per heavy atom. The number of carboxylic acid groups (broad SMARTS) is 1. The van der Waals surface area contributed by atoms with Gasteiger partial charge in [0.15, 0.2) is 5.69 Å². The Labute approximate surface area is 292 Å². The number of fused-ring (bicyclic) bond motifs is 1. The van der Waals surface area contributed by atoms with Gasteiger partial charge in [0.1, 0.15) is 22.3 Å². The van der Waals surface area contributed by atoms with Crippen LogP contribution in [-0.2, 0) is 29.6 Å². The van der Waals surface area contributed by atoms with Crippen LogP contribution in [-0.4, -0.2) is 39.0 Å². The van der Waals surface area contributed by atoms with Crippen molar-refractivity contribution in [2.24, 2.45) is 0 Å². The SMILES string of the molecule is Cc1ccc(S(=O)(=O)Oc2cc3n(c(=O)c2)[C@H](c2[nH]c(-c4ccc(N(Cc5ccccc5)Cc5ccccc5)nc4F)nc2C(=O)O)CC3)cc1. The van der Waals surface area contributed by atoms with Crippen molar-refractivity contribution >= 4 is 21.9 Å². The molecule has 7 rings (SSSR count). The lowest BCUT2D eigenvalue weighted by Gasteiger charge is -2.24. The molecule has 0 spiro atoms. The predicted octanol–water partition coefficient (Wildman–Crippen LogP) is 6.29. The third-order valence-electron chi connectivity index (χ3n) is 8.74. The van der Waals surface area contributed by atoms with Crippen molar-refractivity contribution in [3.05, 3.63) is 159 Å². The predicted molar refractivity (Wildman–Crippen MR) is 188 cm³/mol. The standard InChI is InChI=1S/C38H32FN5O6S/c1-24-12-15-29(16-13-24)51(48,49)50-28-20-27-14-18-31(44(27)33(45)21-28)34-35(38(46)47)42-37(41-34)30-17-19-32(40-36(30)39)43(22-25-8-4-2-5-9-25)23-26-10-6-3-7-11-26/h2-13,15-17,19-21,31H,14,18,22-23H2,1H3,(H,41,42)(H,46,47)/t31-/m0/s1. The lowest BCUT2D eigenvalue weighted by Crippen LogP contribution is -2.25. The second-order valence-electron chi connectivity index (χ2n) is 12.3. The molecular weight excluding hydrogens is 674 g/mol. The van der Waals surface area contributed by atoms with Gasteiger partial charge in [-0.25, -0.2) is 14.8 Å². The Morgan fingerprint density at radius 1 is 0.941 bits per heavy atom. The summed E-state index contributed by atoms with van der Waals surface area (Å²) in [5, 5.41) is 10.1. The number of anilines is 1. The summed E-state index contributed by atoms with van der Waals surface area (Å²) in [5.74, 6) is -2.04. The number of carboxylic acids is 1. The van der Waals surface area contributed by atoms with Gasteiger partial charge in [-0.05, 0) is 55.2 Å². The molecule has 0 unspecified atom stereocenters. The van der Waals surface area contributed by atoms with E-state index in [0.717, 1.165) is 22.8 Å². The topological polar surface area (TPSA) is 147 Å². The maximum Gasteiger partial charge on any atom is 0.356 e. The smallest absolute Gasteiger partial charge is 0.356 e. The monoisotopic (exact) mass is 705 g/mol. The molecule has 0 bridgehead atoms. The van der Waals surface area contributed by atoms with Gasteiger partial charge in [0.25, 0.3) is 5.56 Å². The highest BCUT2D eigenvalue weighted by molar-refractivity contribution is 7.87. The van der Waals surface area contributed by atoms with Gasteiger partial charge in [-0.3, -0.25) is 4.79 Å². The number of rotatable bonds is 11. The van der Waals surface area contributed by atoms with Gasteiger partial charge in [0.05, 0.1) is 17.3 Å². The van der Waals surface area contributed by atoms with Gasteiger partial charge in [0, 0.05) is 30.9 Å². The number of halogens is 1. The summed E-state index contributed by atoms with van der Waals surface area (Å²) in [6, 6.07) is 30.5. The summed E-state index contributed by atoms with van der Waals surface area (Å²) >= 11 is 0.